The van der Waals surface area contributed by atoms with Gasteiger partial charge in [-0.2, -0.15) is 0 Å². The van der Waals surface area contributed by atoms with E-state index in [1.165, 1.54) is 96.3 Å². The van der Waals surface area contributed by atoms with E-state index < -0.39 is 5.97 Å². The summed E-state index contributed by atoms with van der Waals surface area (Å²) in [7, 11) is 0. The number of aliphatic carboxylic acids is 1. The topological polar surface area (TPSA) is 37.3 Å². The molecule has 0 spiro atoms. The van der Waals surface area contributed by atoms with Crippen molar-refractivity contribution in [3.8, 4) is 0 Å². The van der Waals surface area contributed by atoms with Gasteiger partial charge in [-0.1, -0.05) is 96.1 Å². The Morgan fingerprint density at radius 1 is 0.640 bits per heavy atom. The van der Waals surface area contributed by atoms with Crippen LogP contribution in [0.1, 0.15) is 122 Å². The summed E-state index contributed by atoms with van der Waals surface area (Å²) in [5.74, 6) is -0.656. The monoisotopic (exact) mass is 362 g/mol. The Morgan fingerprint density at radius 3 is 1.40 bits per heavy atom. The van der Waals surface area contributed by atoms with Gasteiger partial charge in [0.2, 0.25) is 0 Å². The summed E-state index contributed by atoms with van der Waals surface area (Å²) >= 11 is 0. The number of carboxylic acids is 1. The van der Waals surface area contributed by atoms with Gasteiger partial charge in [0, 0.05) is 6.42 Å². The first-order valence-electron chi connectivity index (χ1n) is 10.6. The molecule has 0 aromatic carbocycles. The van der Waals surface area contributed by atoms with Gasteiger partial charge in [0.15, 0.2) is 0 Å². The van der Waals surface area contributed by atoms with Gasteiger partial charge in [-0.05, 0) is 32.1 Å². The van der Waals surface area contributed by atoms with Crippen molar-refractivity contribution < 1.29 is 9.90 Å². The van der Waals surface area contributed by atoms with E-state index in [0.717, 1.165) is 12.8 Å². The molecule has 0 aromatic rings. The second-order valence-corrected chi connectivity index (χ2v) is 7.14. The fourth-order valence-electron chi connectivity index (χ4n) is 3.05. The van der Waals surface area contributed by atoms with Crippen LogP contribution in [-0.4, -0.2) is 40.6 Å². The van der Waals surface area contributed by atoms with Crippen LogP contribution in [0.4, 0.5) is 0 Å². The van der Waals surface area contributed by atoms with Crippen molar-refractivity contribution in [2.45, 2.75) is 122 Å². The summed E-state index contributed by atoms with van der Waals surface area (Å²) in [4.78, 5) is 10.4. The van der Waals surface area contributed by atoms with E-state index in [0.29, 0.717) is 6.42 Å². The van der Waals surface area contributed by atoms with E-state index in [1.54, 1.807) is 0 Å². The third-order valence-electron chi connectivity index (χ3n) is 4.65. The molecule has 0 bridgehead atoms. The van der Waals surface area contributed by atoms with E-state index in [2.05, 4.69) is 19.1 Å². The second-order valence-electron chi connectivity index (χ2n) is 7.14. The SMILES string of the molecule is CCCCCCCC/C=C\CCCCCCCCCCCC(=O)O.[NaH]. The van der Waals surface area contributed by atoms with Crippen LogP contribution in [-0.2, 0) is 4.79 Å². The Morgan fingerprint density at radius 2 is 1.00 bits per heavy atom. The molecule has 0 amide bonds. The molecule has 0 saturated heterocycles. The first-order chi connectivity index (χ1) is 11.8. The van der Waals surface area contributed by atoms with Crippen LogP contribution in [0.3, 0.4) is 0 Å². The van der Waals surface area contributed by atoms with Gasteiger partial charge >= 0.3 is 35.5 Å². The van der Waals surface area contributed by atoms with E-state index in [-0.39, 0.29) is 29.6 Å². The van der Waals surface area contributed by atoms with Gasteiger partial charge in [0.1, 0.15) is 0 Å². The Hall–Kier alpha value is 0.210. The van der Waals surface area contributed by atoms with Crippen LogP contribution < -0.4 is 0 Å². The van der Waals surface area contributed by atoms with Crippen molar-refractivity contribution in [2.75, 3.05) is 0 Å². The molecule has 25 heavy (non-hydrogen) atoms. The normalized spacial score (nSPS) is 10.9. The van der Waals surface area contributed by atoms with Crippen LogP contribution in [0.25, 0.3) is 0 Å². The van der Waals surface area contributed by atoms with Gasteiger partial charge < -0.3 is 5.11 Å². The van der Waals surface area contributed by atoms with Crippen LogP contribution in [0, 0.1) is 0 Å². The number of hydrogen-bond donors (Lipinski definition) is 1. The molecule has 3 heteroatoms. The standard InChI is InChI=1S/C22H42O2.Na.H/c1-2-3-4-5-6-7-8-9-10-11-12-13-14-15-16-17-18-19-20-21-22(23)24;;/h9-10H,2-8,11-21H2,1H3,(H,23,24);;/b10-9-;;. The fourth-order valence-corrected chi connectivity index (χ4v) is 3.05. The third-order valence-corrected chi connectivity index (χ3v) is 4.65. The van der Waals surface area contributed by atoms with E-state index in [1.807, 2.05) is 0 Å². The summed E-state index contributed by atoms with van der Waals surface area (Å²) in [6.07, 6.45) is 27.1. The van der Waals surface area contributed by atoms with Gasteiger partial charge in [0.05, 0.1) is 0 Å². The number of carbonyl (C=O) groups is 1. The summed E-state index contributed by atoms with van der Waals surface area (Å²) in [6, 6.07) is 0. The number of carboxylic acid groups (broad SMARTS) is 1. The maximum absolute atomic E-state index is 10.4. The predicted molar refractivity (Wildman–Crippen MR) is 113 cm³/mol. The number of rotatable bonds is 19. The Kier molecular flexibility index (Phi) is 26.6. The molecule has 0 saturated carbocycles. The number of hydrogen-bond acceptors (Lipinski definition) is 1. The molecule has 2 nitrogen and oxygen atoms in total. The molecule has 0 radical (unpaired) electrons. The zero-order chi connectivity index (χ0) is 17.7. The zero-order valence-electron chi connectivity index (χ0n) is 16.2. The average molecular weight is 363 g/mol. The Balaban J connectivity index is 0. The van der Waals surface area contributed by atoms with Crippen LogP contribution in [0.15, 0.2) is 12.2 Å². The van der Waals surface area contributed by atoms with E-state index in [9.17, 15) is 4.79 Å². The molecule has 1 N–H and O–H groups in total. The first kappa shape index (κ1) is 27.4. The predicted octanol–water partition coefficient (Wildman–Crippen LogP) is 7.02. The van der Waals surface area contributed by atoms with Crippen LogP contribution in [0.2, 0.25) is 0 Å². The minimum atomic E-state index is -0.656. The molecular formula is C22H43NaO2. The molecule has 0 fully saturated rings. The van der Waals surface area contributed by atoms with Crippen molar-refractivity contribution in [3.63, 3.8) is 0 Å². The van der Waals surface area contributed by atoms with Gasteiger partial charge in [-0.3, -0.25) is 4.79 Å². The fraction of sp³-hybridized carbons (Fsp3) is 0.864. The number of allylic oxidation sites excluding steroid dienone is 2. The van der Waals surface area contributed by atoms with Crippen molar-refractivity contribution in [1.82, 2.24) is 0 Å². The van der Waals surface area contributed by atoms with Gasteiger partial charge in [-0.25, -0.2) is 0 Å². The van der Waals surface area contributed by atoms with Crippen molar-refractivity contribution in [1.29, 1.82) is 0 Å². The molecule has 0 aliphatic carbocycles. The van der Waals surface area contributed by atoms with Crippen LogP contribution in [0.5, 0.6) is 0 Å². The Bertz CT molecular complexity index is 290. The summed E-state index contributed by atoms with van der Waals surface area (Å²) in [5, 5.41) is 8.55. The molecule has 0 aromatic heterocycles. The zero-order valence-corrected chi connectivity index (χ0v) is 16.2. The molecule has 0 atom stereocenters. The minimum absolute atomic E-state index is 0. The molecule has 0 unspecified atom stereocenters. The summed E-state index contributed by atoms with van der Waals surface area (Å²) in [5.41, 5.74) is 0. The van der Waals surface area contributed by atoms with Gasteiger partial charge in [-0.15, -0.1) is 0 Å². The molecule has 0 rings (SSSR count). The first-order valence-corrected chi connectivity index (χ1v) is 10.6. The van der Waals surface area contributed by atoms with E-state index >= 15 is 0 Å². The third kappa shape index (κ3) is 26.5. The molecule has 144 valence electrons. The summed E-state index contributed by atoms with van der Waals surface area (Å²) in [6.45, 7) is 2.27. The van der Waals surface area contributed by atoms with Crippen molar-refractivity contribution >= 4 is 35.5 Å². The van der Waals surface area contributed by atoms with Crippen molar-refractivity contribution in [2.24, 2.45) is 0 Å². The average Bonchev–Trinajstić information content (AvgIpc) is 2.56. The maximum atomic E-state index is 10.4. The summed E-state index contributed by atoms with van der Waals surface area (Å²) < 4.78 is 0. The van der Waals surface area contributed by atoms with Crippen molar-refractivity contribution in [3.05, 3.63) is 12.2 Å². The Labute approximate surface area is 179 Å². The molecule has 0 aliphatic heterocycles. The molecular weight excluding hydrogens is 319 g/mol. The molecule has 0 aliphatic rings. The van der Waals surface area contributed by atoms with Crippen LogP contribution >= 0.6 is 0 Å². The second kappa shape index (κ2) is 24.2. The number of unbranched alkanes of at least 4 members (excludes halogenated alkanes) is 15. The molecule has 0 heterocycles. The van der Waals surface area contributed by atoms with E-state index in [4.69, 9.17) is 5.11 Å². The quantitative estimate of drug-likeness (QED) is 0.152. The van der Waals surface area contributed by atoms with Gasteiger partial charge in [0.25, 0.3) is 0 Å².